The Morgan fingerprint density at radius 1 is 1.18 bits per heavy atom. The summed E-state index contributed by atoms with van der Waals surface area (Å²) in [6.07, 6.45) is -4.46. The minimum absolute atomic E-state index is 0.0666. The number of carbonyl (C=O) groups is 2. The molecular weight excluding hydrogens is 418 g/mol. The van der Waals surface area contributed by atoms with Gasteiger partial charge in [0.25, 0.3) is 0 Å². The van der Waals surface area contributed by atoms with Crippen molar-refractivity contribution < 1.29 is 22.8 Å². The van der Waals surface area contributed by atoms with E-state index in [1.54, 1.807) is 0 Å². The summed E-state index contributed by atoms with van der Waals surface area (Å²) in [5, 5.41) is 2.71. The molecular formula is C18H14Cl2F3N3O2. The van der Waals surface area contributed by atoms with E-state index in [0.29, 0.717) is 5.56 Å². The first-order valence-corrected chi connectivity index (χ1v) is 8.88. The average Bonchev–Trinajstić information content (AvgIpc) is 2.88. The number of aromatic nitrogens is 1. The third kappa shape index (κ3) is 4.23. The molecule has 10 heteroatoms. The van der Waals surface area contributed by atoms with Crippen molar-refractivity contribution in [3.8, 4) is 0 Å². The molecule has 1 saturated heterocycles. The Bertz CT molecular complexity index is 899. The minimum atomic E-state index is -4.46. The number of pyridine rings is 1. The lowest BCUT2D eigenvalue weighted by Crippen LogP contribution is -2.32. The Hall–Kier alpha value is -2.32. The van der Waals surface area contributed by atoms with Crippen LogP contribution in [0.5, 0.6) is 0 Å². The van der Waals surface area contributed by atoms with E-state index >= 15 is 0 Å². The molecule has 1 fully saturated rings. The zero-order valence-corrected chi connectivity index (χ0v) is 15.9. The fourth-order valence-electron chi connectivity index (χ4n) is 3.17. The van der Waals surface area contributed by atoms with Gasteiger partial charge in [0.15, 0.2) is 0 Å². The summed E-state index contributed by atoms with van der Waals surface area (Å²) in [4.78, 5) is 30.4. The number of carbonyl (C=O) groups excluding carboxylic acids is 2. The first-order chi connectivity index (χ1) is 13.1. The van der Waals surface area contributed by atoms with Gasteiger partial charge in [-0.2, -0.15) is 13.2 Å². The zero-order chi connectivity index (χ0) is 20.6. The molecule has 148 valence electrons. The van der Waals surface area contributed by atoms with Crippen LogP contribution < -0.4 is 5.32 Å². The Morgan fingerprint density at radius 2 is 1.75 bits per heavy atom. The number of anilines is 1. The van der Waals surface area contributed by atoms with Gasteiger partial charge in [0.2, 0.25) is 11.8 Å². The number of likely N-dealkylation sites (N-methyl/N-ethyl adjacent to an activating group) is 1. The highest BCUT2D eigenvalue weighted by atomic mass is 35.5. The van der Waals surface area contributed by atoms with Crippen molar-refractivity contribution in [2.75, 3.05) is 18.9 Å². The summed E-state index contributed by atoms with van der Waals surface area (Å²) >= 11 is 11.6. The number of nitrogens with one attached hydrogen (secondary N) is 1. The van der Waals surface area contributed by atoms with Crippen molar-refractivity contribution in [1.82, 2.24) is 9.88 Å². The maximum Gasteiger partial charge on any atom is 0.416 e. The molecule has 5 nitrogen and oxygen atoms in total. The van der Waals surface area contributed by atoms with E-state index in [2.05, 4.69) is 10.3 Å². The highest BCUT2D eigenvalue weighted by Crippen LogP contribution is 2.36. The Labute approximate surface area is 168 Å². The maximum atomic E-state index is 12.8. The van der Waals surface area contributed by atoms with E-state index in [1.807, 2.05) is 0 Å². The SMILES string of the molecule is CN1C[C@@H](c2ccc(C(F)(F)F)cc2)[C@H](C(=O)Nc2cc(Cl)nc(Cl)c2)C1=O. The van der Waals surface area contributed by atoms with Crippen molar-refractivity contribution in [3.05, 3.63) is 57.8 Å². The van der Waals surface area contributed by atoms with Gasteiger partial charge in [-0.25, -0.2) is 4.98 Å². The molecule has 2 amide bonds. The largest absolute Gasteiger partial charge is 0.416 e. The highest BCUT2D eigenvalue weighted by Gasteiger charge is 2.44. The van der Waals surface area contributed by atoms with Gasteiger partial charge in [-0.1, -0.05) is 35.3 Å². The van der Waals surface area contributed by atoms with Crippen LogP contribution >= 0.6 is 23.2 Å². The molecule has 2 heterocycles. The molecule has 0 saturated carbocycles. The van der Waals surface area contributed by atoms with Crippen LogP contribution in [0.2, 0.25) is 10.3 Å². The smallest absolute Gasteiger partial charge is 0.344 e. The topological polar surface area (TPSA) is 62.3 Å². The maximum absolute atomic E-state index is 12.8. The van der Waals surface area contributed by atoms with E-state index in [1.165, 1.54) is 36.2 Å². The Morgan fingerprint density at radius 3 is 2.29 bits per heavy atom. The van der Waals surface area contributed by atoms with Crippen molar-refractivity contribution in [3.63, 3.8) is 0 Å². The van der Waals surface area contributed by atoms with Gasteiger partial charge in [-0.05, 0) is 29.8 Å². The summed E-state index contributed by atoms with van der Waals surface area (Å²) in [6.45, 7) is 0.208. The second-order valence-electron chi connectivity index (χ2n) is 6.41. The van der Waals surface area contributed by atoms with E-state index in [4.69, 9.17) is 23.2 Å². The molecule has 1 aliphatic heterocycles. The van der Waals surface area contributed by atoms with Crippen molar-refractivity contribution >= 4 is 40.7 Å². The molecule has 28 heavy (non-hydrogen) atoms. The number of rotatable bonds is 3. The summed E-state index contributed by atoms with van der Waals surface area (Å²) in [7, 11) is 1.53. The van der Waals surface area contributed by atoms with Gasteiger partial charge >= 0.3 is 6.18 Å². The number of amides is 2. The van der Waals surface area contributed by atoms with Crippen LogP contribution in [0.3, 0.4) is 0 Å². The standard InChI is InChI=1S/C18H14Cl2F3N3O2/c1-26-8-12(9-2-4-10(5-3-9)18(21,22)23)15(17(26)28)16(27)24-11-6-13(19)25-14(20)7-11/h2-7,12,15H,8H2,1H3,(H,24,25,27)/t12-,15+/m0/s1. The van der Waals surface area contributed by atoms with Gasteiger partial charge in [-0.3, -0.25) is 9.59 Å². The lowest BCUT2D eigenvalue weighted by molar-refractivity contribution is -0.138. The number of hydrogen-bond acceptors (Lipinski definition) is 3. The molecule has 3 rings (SSSR count). The molecule has 1 aliphatic rings. The van der Waals surface area contributed by atoms with Crippen molar-refractivity contribution in [2.24, 2.45) is 5.92 Å². The normalized spacial score (nSPS) is 19.8. The summed E-state index contributed by atoms with van der Waals surface area (Å²) in [5.41, 5.74) is -0.0591. The third-order valence-corrected chi connectivity index (χ3v) is 4.88. The predicted molar refractivity (Wildman–Crippen MR) is 98.2 cm³/mol. The van der Waals surface area contributed by atoms with Gasteiger partial charge in [0, 0.05) is 25.2 Å². The first-order valence-electron chi connectivity index (χ1n) is 8.12. The van der Waals surface area contributed by atoms with Crippen LogP contribution in [0.25, 0.3) is 0 Å². The van der Waals surface area contributed by atoms with E-state index in [0.717, 1.165) is 12.1 Å². The lowest BCUT2D eigenvalue weighted by atomic mass is 9.87. The average molecular weight is 432 g/mol. The van der Waals surface area contributed by atoms with E-state index < -0.39 is 35.4 Å². The Kier molecular flexibility index (Phi) is 5.54. The van der Waals surface area contributed by atoms with E-state index in [-0.39, 0.29) is 22.5 Å². The predicted octanol–water partition coefficient (Wildman–Crippen LogP) is 4.22. The van der Waals surface area contributed by atoms with Crippen LogP contribution in [0.1, 0.15) is 17.0 Å². The minimum Gasteiger partial charge on any atom is -0.344 e. The monoisotopic (exact) mass is 431 g/mol. The molecule has 0 aliphatic carbocycles. The molecule has 1 N–H and O–H groups in total. The number of hydrogen-bond donors (Lipinski definition) is 1. The van der Waals surface area contributed by atoms with Crippen LogP contribution in [-0.2, 0) is 15.8 Å². The van der Waals surface area contributed by atoms with E-state index in [9.17, 15) is 22.8 Å². The van der Waals surface area contributed by atoms with Crippen LogP contribution in [0, 0.1) is 5.92 Å². The second kappa shape index (κ2) is 7.60. The Balaban J connectivity index is 1.86. The third-order valence-electron chi connectivity index (χ3n) is 4.49. The molecule has 0 unspecified atom stereocenters. The molecule has 0 bridgehead atoms. The first kappa shape index (κ1) is 20.4. The van der Waals surface area contributed by atoms with Crippen LogP contribution in [-0.4, -0.2) is 35.3 Å². The molecule has 1 aromatic carbocycles. The second-order valence-corrected chi connectivity index (χ2v) is 7.19. The number of benzene rings is 1. The van der Waals surface area contributed by atoms with Gasteiger partial charge < -0.3 is 10.2 Å². The highest BCUT2D eigenvalue weighted by molar-refractivity contribution is 6.33. The summed E-state index contributed by atoms with van der Waals surface area (Å²) < 4.78 is 38.3. The van der Waals surface area contributed by atoms with Crippen LogP contribution in [0.15, 0.2) is 36.4 Å². The molecule has 1 aromatic heterocycles. The van der Waals surface area contributed by atoms with Crippen LogP contribution in [0.4, 0.5) is 18.9 Å². The summed E-state index contributed by atoms with van der Waals surface area (Å²) in [5.74, 6) is -2.70. The molecule has 0 radical (unpaired) electrons. The van der Waals surface area contributed by atoms with Gasteiger partial charge in [0.1, 0.15) is 16.2 Å². The molecule has 0 spiro atoms. The fourth-order valence-corrected chi connectivity index (χ4v) is 3.63. The number of nitrogens with zero attached hydrogens (tertiary/aromatic N) is 2. The summed E-state index contributed by atoms with van der Waals surface area (Å²) in [6, 6.07) is 7.22. The molecule has 2 aromatic rings. The lowest BCUT2D eigenvalue weighted by Gasteiger charge is -2.18. The zero-order valence-electron chi connectivity index (χ0n) is 14.4. The fraction of sp³-hybridized carbons (Fsp3) is 0.278. The quantitative estimate of drug-likeness (QED) is 0.584. The van der Waals surface area contributed by atoms with Gasteiger partial charge in [0.05, 0.1) is 5.56 Å². The van der Waals surface area contributed by atoms with Crippen molar-refractivity contribution in [2.45, 2.75) is 12.1 Å². The molecule has 2 atom stereocenters. The van der Waals surface area contributed by atoms with Crippen molar-refractivity contribution in [1.29, 1.82) is 0 Å². The number of alkyl halides is 3. The number of likely N-dealkylation sites (tertiary alicyclic amines) is 1. The van der Waals surface area contributed by atoms with Gasteiger partial charge in [-0.15, -0.1) is 0 Å². The number of halogens is 5.